The molecule has 0 saturated carbocycles. The fourth-order valence-electron chi connectivity index (χ4n) is 1.63. The van der Waals surface area contributed by atoms with E-state index in [0.717, 1.165) is 0 Å². The summed E-state index contributed by atoms with van der Waals surface area (Å²) in [5.74, 6) is 0.580. The van der Waals surface area contributed by atoms with Crippen LogP contribution in [0, 0.1) is 5.41 Å². The molecule has 0 aliphatic rings. The summed E-state index contributed by atoms with van der Waals surface area (Å²) in [5, 5.41) is 13.8. The highest BCUT2D eigenvalue weighted by Gasteiger charge is 2.26. The molecule has 102 valence electrons. The largest absolute Gasteiger partial charge is 0.496 e. The summed E-state index contributed by atoms with van der Waals surface area (Å²) < 4.78 is 5.06. The molecule has 0 aliphatic heterocycles. The van der Waals surface area contributed by atoms with Gasteiger partial charge in [0.1, 0.15) is 5.75 Å². The number of hydrogen-bond acceptors (Lipinski definition) is 4. The summed E-state index contributed by atoms with van der Waals surface area (Å²) >= 11 is 1.35. The highest BCUT2D eigenvalue weighted by Crippen LogP contribution is 2.24. The van der Waals surface area contributed by atoms with Gasteiger partial charge in [0, 0.05) is 24.1 Å². The summed E-state index contributed by atoms with van der Waals surface area (Å²) in [6.07, 6.45) is 0.553. The van der Waals surface area contributed by atoms with E-state index in [9.17, 15) is 4.79 Å². The molecule has 0 spiro atoms. The van der Waals surface area contributed by atoms with Crippen molar-refractivity contribution in [3.63, 3.8) is 0 Å². The quantitative estimate of drug-likeness (QED) is 0.864. The maximum Gasteiger partial charge on any atom is 0.261 e. The zero-order chi connectivity index (χ0) is 13.8. The predicted octanol–water partition coefficient (Wildman–Crippen LogP) is 2.28. The second-order valence-corrected chi connectivity index (χ2v) is 6.17. The number of amides is 1. The number of carbonyl (C=O) groups is 1. The van der Waals surface area contributed by atoms with Crippen LogP contribution in [0.5, 0.6) is 5.75 Å². The minimum absolute atomic E-state index is 0.0527. The van der Waals surface area contributed by atoms with Gasteiger partial charge in [0.25, 0.3) is 5.91 Å². The van der Waals surface area contributed by atoms with Crippen LogP contribution in [0.3, 0.4) is 0 Å². The summed E-state index contributed by atoms with van der Waals surface area (Å²) in [5.41, 5.74) is -0.0836. The molecule has 0 radical (unpaired) electrons. The Morgan fingerprint density at radius 3 is 2.67 bits per heavy atom. The second kappa shape index (κ2) is 6.20. The van der Waals surface area contributed by atoms with E-state index in [0.29, 0.717) is 17.0 Å². The molecule has 0 aliphatic carbocycles. The number of rotatable bonds is 5. The van der Waals surface area contributed by atoms with Crippen molar-refractivity contribution >= 4 is 17.2 Å². The molecule has 18 heavy (non-hydrogen) atoms. The van der Waals surface area contributed by atoms with E-state index in [-0.39, 0.29) is 24.0 Å². The van der Waals surface area contributed by atoms with Crippen LogP contribution in [-0.4, -0.2) is 30.8 Å². The summed E-state index contributed by atoms with van der Waals surface area (Å²) in [6, 6.07) is 1.67. The van der Waals surface area contributed by atoms with Gasteiger partial charge in [-0.2, -0.15) is 0 Å². The van der Waals surface area contributed by atoms with Crippen molar-refractivity contribution in [3.05, 3.63) is 16.3 Å². The lowest BCUT2D eigenvalue weighted by Crippen LogP contribution is -2.44. The number of thiophene rings is 1. The van der Waals surface area contributed by atoms with Crippen LogP contribution in [0.15, 0.2) is 11.4 Å². The topological polar surface area (TPSA) is 58.6 Å². The van der Waals surface area contributed by atoms with E-state index in [1.165, 1.54) is 11.3 Å². The van der Waals surface area contributed by atoms with Gasteiger partial charge >= 0.3 is 0 Å². The Kier molecular flexibility index (Phi) is 5.16. The average molecular weight is 271 g/mol. The summed E-state index contributed by atoms with van der Waals surface area (Å²) in [4.78, 5) is 12.7. The first-order valence-electron chi connectivity index (χ1n) is 5.92. The van der Waals surface area contributed by atoms with E-state index in [4.69, 9.17) is 9.84 Å². The van der Waals surface area contributed by atoms with Crippen LogP contribution in [-0.2, 0) is 0 Å². The van der Waals surface area contributed by atoms with Crippen molar-refractivity contribution in [3.8, 4) is 5.75 Å². The molecule has 0 saturated heterocycles. The maximum atomic E-state index is 12.1. The molecule has 1 unspecified atom stereocenters. The van der Waals surface area contributed by atoms with E-state index in [1.54, 1.807) is 18.6 Å². The molecule has 0 aromatic carbocycles. The molecule has 4 nitrogen and oxygen atoms in total. The number of hydrogen-bond donors (Lipinski definition) is 2. The van der Waals surface area contributed by atoms with Crippen molar-refractivity contribution in [2.45, 2.75) is 33.2 Å². The SMILES string of the molecule is COc1csc(C(=O)NC(CCO)C(C)(C)C)c1. The van der Waals surface area contributed by atoms with Gasteiger partial charge < -0.3 is 15.2 Å². The molecule has 1 heterocycles. The lowest BCUT2D eigenvalue weighted by Gasteiger charge is -2.30. The molecule has 2 N–H and O–H groups in total. The molecule has 1 atom stereocenters. The third kappa shape index (κ3) is 3.99. The third-order valence-corrected chi connectivity index (χ3v) is 3.71. The van der Waals surface area contributed by atoms with E-state index < -0.39 is 0 Å². The summed E-state index contributed by atoms with van der Waals surface area (Å²) in [6.45, 7) is 6.20. The average Bonchev–Trinajstić information content (AvgIpc) is 2.75. The summed E-state index contributed by atoms with van der Waals surface area (Å²) in [7, 11) is 1.58. The molecular formula is C13H21NO3S. The zero-order valence-corrected chi connectivity index (χ0v) is 12.1. The maximum absolute atomic E-state index is 12.1. The van der Waals surface area contributed by atoms with Crippen LogP contribution in [0.4, 0.5) is 0 Å². The van der Waals surface area contributed by atoms with Gasteiger partial charge in [-0.15, -0.1) is 11.3 Å². The smallest absolute Gasteiger partial charge is 0.261 e. The molecule has 5 heteroatoms. The Morgan fingerprint density at radius 1 is 1.56 bits per heavy atom. The molecular weight excluding hydrogens is 250 g/mol. The number of methoxy groups -OCH3 is 1. The van der Waals surface area contributed by atoms with Gasteiger partial charge in [-0.3, -0.25) is 4.79 Å². The van der Waals surface area contributed by atoms with E-state index in [1.807, 2.05) is 20.8 Å². The Balaban J connectivity index is 2.72. The Hall–Kier alpha value is -1.07. The minimum Gasteiger partial charge on any atom is -0.496 e. The number of nitrogens with one attached hydrogen (secondary N) is 1. The van der Waals surface area contributed by atoms with Crippen molar-refractivity contribution in [1.82, 2.24) is 5.32 Å². The number of ether oxygens (including phenoxy) is 1. The highest BCUT2D eigenvalue weighted by molar-refractivity contribution is 7.12. The molecule has 0 bridgehead atoms. The van der Waals surface area contributed by atoms with Crippen LogP contribution in [0.25, 0.3) is 0 Å². The standard InChI is InChI=1S/C13H21NO3S/c1-13(2,3)11(5-6-15)14-12(16)10-7-9(17-4)8-18-10/h7-8,11,15H,5-6H2,1-4H3,(H,14,16). The monoisotopic (exact) mass is 271 g/mol. The molecule has 1 rings (SSSR count). The normalized spacial score (nSPS) is 13.2. The van der Waals surface area contributed by atoms with Gasteiger partial charge in [-0.25, -0.2) is 0 Å². The van der Waals surface area contributed by atoms with Gasteiger partial charge in [-0.1, -0.05) is 20.8 Å². The van der Waals surface area contributed by atoms with Crippen molar-refractivity contribution in [2.75, 3.05) is 13.7 Å². The molecule has 0 fully saturated rings. The highest BCUT2D eigenvalue weighted by atomic mass is 32.1. The van der Waals surface area contributed by atoms with Gasteiger partial charge in [0.05, 0.1) is 12.0 Å². The second-order valence-electron chi connectivity index (χ2n) is 5.26. The third-order valence-electron chi connectivity index (χ3n) is 2.80. The molecule has 1 aromatic heterocycles. The van der Waals surface area contributed by atoms with Crippen LogP contribution in [0.1, 0.15) is 36.9 Å². The lowest BCUT2D eigenvalue weighted by atomic mass is 9.85. The predicted molar refractivity (Wildman–Crippen MR) is 73.3 cm³/mol. The first-order valence-corrected chi connectivity index (χ1v) is 6.80. The van der Waals surface area contributed by atoms with Crippen molar-refractivity contribution in [2.24, 2.45) is 5.41 Å². The first-order chi connectivity index (χ1) is 8.38. The van der Waals surface area contributed by atoms with Crippen LogP contribution >= 0.6 is 11.3 Å². The Morgan fingerprint density at radius 2 is 2.22 bits per heavy atom. The molecule has 1 aromatic rings. The van der Waals surface area contributed by atoms with E-state index in [2.05, 4.69) is 5.32 Å². The van der Waals surface area contributed by atoms with Gasteiger partial charge in [0.15, 0.2) is 0 Å². The van der Waals surface area contributed by atoms with Crippen molar-refractivity contribution < 1.29 is 14.6 Å². The van der Waals surface area contributed by atoms with Gasteiger partial charge in [0.2, 0.25) is 0 Å². The number of aliphatic hydroxyl groups is 1. The Bertz CT molecular complexity index is 395. The fraction of sp³-hybridized carbons (Fsp3) is 0.615. The Labute approximate surface area is 112 Å². The fourth-order valence-corrected chi connectivity index (χ4v) is 2.38. The lowest BCUT2D eigenvalue weighted by molar-refractivity contribution is 0.0889. The zero-order valence-electron chi connectivity index (χ0n) is 11.3. The van der Waals surface area contributed by atoms with Crippen LogP contribution < -0.4 is 10.1 Å². The minimum atomic E-state index is -0.114. The number of carbonyl (C=O) groups excluding carboxylic acids is 1. The number of aliphatic hydroxyl groups excluding tert-OH is 1. The van der Waals surface area contributed by atoms with Gasteiger partial charge in [-0.05, 0) is 11.8 Å². The van der Waals surface area contributed by atoms with E-state index >= 15 is 0 Å². The van der Waals surface area contributed by atoms with Crippen molar-refractivity contribution in [1.29, 1.82) is 0 Å². The van der Waals surface area contributed by atoms with Crippen LogP contribution in [0.2, 0.25) is 0 Å². The molecule has 1 amide bonds. The first kappa shape index (κ1) is 15.0.